The lowest BCUT2D eigenvalue weighted by Crippen LogP contribution is -2.55. The molecule has 3 aromatic rings. The van der Waals surface area contributed by atoms with Crippen LogP contribution in [-0.2, 0) is 9.59 Å². The Hall–Kier alpha value is -3.94. The topological polar surface area (TPSA) is 94.6 Å². The van der Waals surface area contributed by atoms with Crippen molar-refractivity contribution in [1.29, 1.82) is 0 Å². The Kier molecular flexibility index (Phi) is 8.16. The zero-order valence-electron chi connectivity index (χ0n) is 21.6. The molecule has 2 N–H and O–H groups in total. The average molecular weight is 514 g/mol. The van der Waals surface area contributed by atoms with Crippen LogP contribution in [0.2, 0.25) is 0 Å². The number of likely N-dealkylation sites (tertiary alicyclic amines) is 1. The van der Waals surface area contributed by atoms with E-state index in [0.29, 0.717) is 18.7 Å². The molecule has 1 unspecified atom stereocenters. The van der Waals surface area contributed by atoms with Crippen LogP contribution in [-0.4, -0.2) is 66.4 Å². The first-order valence-electron chi connectivity index (χ1n) is 13.6. The highest BCUT2D eigenvalue weighted by atomic mass is 16.2. The zero-order valence-corrected chi connectivity index (χ0v) is 21.6. The van der Waals surface area contributed by atoms with E-state index in [1.165, 1.54) is 0 Å². The highest BCUT2D eigenvalue weighted by molar-refractivity contribution is 6.01. The van der Waals surface area contributed by atoms with Crippen molar-refractivity contribution in [3.63, 3.8) is 0 Å². The largest absolute Gasteiger partial charge is 0.371 e. The summed E-state index contributed by atoms with van der Waals surface area (Å²) in [5, 5.41) is 7.92. The van der Waals surface area contributed by atoms with Gasteiger partial charge in [0.1, 0.15) is 6.04 Å². The second-order valence-electron chi connectivity index (χ2n) is 10.2. The van der Waals surface area contributed by atoms with E-state index >= 15 is 0 Å². The van der Waals surface area contributed by atoms with Crippen molar-refractivity contribution < 1.29 is 14.4 Å². The summed E-state index contributed by atoms with van der Waals surface area (Å²) in [7, 11) is 0. The van der Waals surface area contributed by atoms with E-state index < -0.39 is 6.04 Å². The summed E-state index contributed by atoms with van der Waals surface area (Å²) in [6.45, 7) is 3.02. The fourth-order valence-corrected chi connectivity index (χ4v) is 5.41. The fourth-order valence-electron chi connectivity index (χ4n) is 5.41. The average Bonchev–Trinajstić information content (AvgIpc) is 2.99. The minimum Gasteiger partial charge on any atom is -0.371 e. The Balaban J connectivity index is 1.22. The fraction of sp³-hybridized carbons (Fsp3) is 0.400. The van der Waals surface area contributed by atoms with Crippen LogP contribution in [0.25, 0.3) is 10.8 Å². The van der Waals surface area contributed by atoms with Crippen molar-refractivity contribution in [2.75, 3.05) is 37.6 Å². The molecule has 5 rings (SSSR count). The molecule has 2 saturated heterocycles. The number of pyridine rings is 1. The van der Waals surface area contributed by atoms with Gasteiger partial charge in [0.15, 0.2) is 0 Å². The number of hydrogen-bond donors (Lipinski definition) is 2. The quantitative estimate of drug-likeness (QED) is 0.505. The first-order valence-corrected chi connectivity index (χ1v) is 13.6. The number of rotatable bonds is 7. The summed E-state index contributed by atoms with van der Waals surface area (Å²) in [6, 6.07) is 16.5. The number of carbonyl (C=O) groups is 3. The van der Waals surface area contributed by atoms with Crippen LogP contribution in [0.4, 0.5) is 5.69 Å². The standard InChI is InChI=1S/C30H35N5O3/c36-28(23-12-18-34(19-13-23)26-10-14-31-15-11-26)32-21-27(30(38)35-16-4-1-5-17-35)33-29(37)25-9-8-22-6-2-3-7-24(22)20-25/h2-3,6-11,14-15,20,23,27H,1,4-5,12-13,16-19,21H2,(H,32,36)(H,33,37). The second kappa shape index (κ2) is 12.1. The summed E-state index contributed by atoms with van der Waals surface area (Å²) >= 11 is 0. The van der Waals surface area contributed by atoms with Gasteiger partial charge in [0, 0.05) is 62.3 Å². The summed E-state index contributed by atoms with van der Waals surface area (Å²) in [4.78, 5) is 47.8. The molecule has 38 heavy (non-hydrogen) atoms. The van der Waals surface area contributed by atoms with Crippen molar-refractivity contribution >= 4 is 34.2 Å². The zero-order chi connectivity index (χ0) is 26.3. The number of piperidine rings is 2. The van der Waals surface area contributed by atoms with E-state index in [1.54, 1.807) is 18.5 Å². The number of nitrogens with one attached hydrogen (secondary N) is 2. The van der Waals surface area contributed by atoms with E-state index in [2.05, 4.69) is 20.5 Å². The van der Waals surface area contributed by atoms with Gasteiger partial charge in [0.2, 0.25) is 11.8 Å². The van der Waals surface area contributed by atoms with Crippen LogP contribution in [0.3, 0.4) is 0 Å². The lowest BCUT2D eigenvalue weighted by atomic mass is 9.95. The maximum atomic E-state index is 13.4. The molecule has 0 spiro atoms. The predicted molar refractivity (Wildman–Crippen MR) is 148 cm³/mol. The van der Waals surface area contributed by atoms with Crippen LogP contribution in [0, 0.1) is 5.92 Å². The molecular formula is C30H35N5O3. The van der Waals surface area contributed by atoms with E-state index in [9.17, 15) is 14.4 Å². The van der Waals surface area contributed by atoms with Gasteiger partial charge in [-0.3, -0.25) is 19.4 Å². The van der Waals surface area contributed by atoms with Crippen molar-refractivity contribution in [3.8, 4) is 0 Å². The molecule has 8 heteroatoms. The monoisotopic (exact) mass is 513 g/mol. The summed E-state index contributed by atoms with van der Waals surface area (Å²) in [5.41, 5.74) is 1.61. The Morgan fingerprint density at radius 3 is 2.32 bits per heavy atom. The minimum absolute atomic E-state index is 0.0595. The number of aromatic nitrogens is 1. The third-order valence-electron chi connectivity index (χ3n) is 7.66. The molecule has 0 bridgehead atoms. The van der Waals surface area contributed by atoms with Gasteiger partial charge in [-0.1, -0.05) is 30.3 Å². The van der Waals surface area contributed by atoms with Gasteiger partial charge in [-0.05, 0) is 67.1 Å². The maximum Gasteiger partial charge on any atom is 0.252 e. The second-order valence-corrected chi connectivity index (χ2v) is 10.2. The molecule has 8 nitrogen and oxygen atoms in total. The summed E-state index contributed by atoms with van der Waals surface area (Å²) < 4.78 is 0. The third-order valence-corrected chi connectivity index (χ3v) is 7.66. The molecule has 2 aromatic carbocycles. The molecule has 0 radical (unpaired) electrons. The van der Waals surface area contributed by atoms with Crippen molar-refractivity contribution in [3.05, 3.63) is 72.6 Å². The number of carbonyl (C=O) groups excluding carboxylic acids is 3. The molecule has 0 saturated carbocycles. The molecule has 2 aliphatic heterocycles. The van der Waals surface area contributed by atoms with E-state index in [0.717, 1.165) is 61.7 Å². The molecule has 0 aliphatic carbocycles. The SMILES string of the molecule is O=C(NC(CNC(=O)C1CCN(c2ccncc2)CC1)C(=O)N1CCCCC1)c1ccc2ccccc2c1. The maximum absolute atomic E-state index is 13.4. The molecule has 2 fully saturated rings. The molecule has 3 heterocycles. The van der Waals surface area contributed by atoms with Crippen molar-refractivity contribution in [1.82, 2.24) is 20.5 Å². The number of fused-ring (bicyclic) bond motifs is 1. The lowest BCUT2D eigenvalue weighted by molar-refractivity contribution is -0.134. The normalized spacial score (nSPS) is 17.2. The smallest absolute Gasteiger partial charge is 0.252 e. The number of hydrogen-bond acceptors (Lipinski definition) is 5. The molecule has 1 aromatic heterocycles. The highest BCUT2D eigenvalue weighted by Gasteiger charge is 2.30. The van der Waals surface area contributed by atoms with Crippen molar-refractivity contribution in [2.24, 2.45) is 5.92 Å². The Labute approximate surface area is 223 Å². The van der Waals surface area contributed by atoms with Gasteiger partial charge in [-0.25, -0.2) is 0 Å². The van der Waals surface area contributed by atoms with Gasteiger partial charge >= 0.3 is 0 Å². The van der Waals surface area contributed by atoms with E-state index in [-0.39, 0.29) is 30.2 Å². The van der Waals surface area contributed by atoms with Crippen LogP contribution < -0.4 is 15.5 Å². The van der Waals surface area contributed by atoms with Gasteiger partial charge < -0.3 is 20.4 Å². The Bertz CT molecular complexity index is 1270. The predicted octanol–water partition coefficient (Wildman–Crippen LogP) is 3.38. The highest BCUT2D eigenvalue weighted by Crippen LogP contribution is 2.23. The molecular weight excluding hydrogens is 478 g/mol. The number of nitrogens with zero attached hydrogens (tertiary/aromatic N) is 3. The van der Waals surface area contributed by atoms with Crippen LogP contribution in [0.5, 0.6) is 0 Å². The minimum atomic E-state index is -0.812. The first kappa shape index (κ1) is 25.7. The summed E-state index contributed by atoms with van der Waals surface area (Å²) in [6.07, 6.45) is 8.05. The summed E-state index contributed by atoms with van der Waals surface area (Å²) in [5.74, 6) is -0.622. The Morgan fingerprint density at radius 1 is 0.868 bits per heavy atom. The third kappa shape index (κ3) is 6.13. The number of benzene rings is 2. The van der Waals surface area contributed by atoms with Gasteiger partial charge in [-0.15, -0.1) is 0 Å². The van der Waals surface area contributed by atoms with Crippen LogP contribution in [0.15, 0.2) is 67.0 Å². The molecule has 198 valence electrons. The number of anilines is 1. The van der Waals surface area contributed by atoms with Crippen LogP contribution >= 0.6 is 0 Å². The molecule has 2 aliphatic rings. The van der Waals surface area contributed by atoms with Gasteiger partial charge in [0.05, 0.1) is 0 Å². The van der Waals surface area contributed by atoms with Gasteiger partial charge in [-0.2, -0.15) is 0 Å². The first-order chi connectivity index (χ1) is 18.6. The van der Waals surface area contributed by atoms with Crippen LogP contribution in [0.1, 0.15) is 42.5 Å². The Morgan fingerprint density at radius 2 is 1.58 bits per heavy atom. The number of amides is 3. The van der Waals surface area contributed by atoms with E-state index in [1.807, 2.05) is 53.4 Å². The van der Waals surface area contributed by atoms with Gasteiger partial charge in [0.25, 0.3) is 5.91 Å². The molecule has 1 atom stereocenters. The van der Waals surface area contributed by atoms with Crippen molar-refractivity contribution in [2.45, 2.75) is 38.1 Å². The molecule has 3 amide bonds. The van der Waals surface area contributed by atoms with E-state index in [4.69, 9.17) is 0 Å². The lowest BCUT2D eigenvalue weighted by Gasteiger charge is -2.33.